The van der Waals surface area contributed by atoms with Crippen molar-refractivity contribution in [3.63, 3.8) is 0 Å². The molecule has 0 saturated heterocycles. The molecule has 2 aromatic carbocycles. The summed E-state index contributed by atoms with van der Waals surface area (Å²) in [7, 11) is 1.72. The highest BCUT2D eigenvalue weighted by Gasteiger charge is 2.14. The lowest BCUT2D eigenvalue weighted by Gasteiger charge is -2.07. The van der Waals surface area contributed by atoms with Crippen molar-refractivity contribution in [1.29, 1.82) is 0 Å². The van der Waals surface area contributed by atoms with Gasteiger partial charge in [0, 0.05) is 30.2 Å². The number of hydrogen-bond donors (Lipinski definition) is 1. The van der Waals surface area contributed by atoms with Crippen LogP contribution in [0.25, 0.3) is 22.3 Å². The Balaban J connectivity index is 1.42. The van der Waals surface area contributed by atoms with Gasteiger partial charge in [0.2, 0.25) is 0 Å². The molecule has 4 rings (SSSR count). The van der Waals surface area contributed by atoms with Gasteiger partial charge in [0.05, 0.1) is 28.1 Å². The van der Waals surface area contributed by atoms with E-state index in [0.717, 1.165) is 28.7 Å². The van der Waals surface area contributed by atoms with Crippen molar-refractivity contribution < 1.29 is 9.53 Å². The normalized spacial score (nSPS) is 11.1. The smallest absolute Gasteiger partial charge is 0.413 e. The number of anilines is 1. The van der Waals surface area contributed by atoms with Gasteiger partial charge in [0.15, 0.2) is 0 Å². The number of aryl methyl sites for hydroxylation is 2. The quantitative estimate of drug-likeness (QED) is 0.441. The van der Waals surface area contributed by atoms with Crippen LogP contribution in [0.4, 0.5) is 10.6 Å². The minimum atomic E-state index is -0.578. The third-order valence-electron chi connectivity index (χ3n) is 4.71. The third kappa shape index (κ3) is 4.13. The van der Waals surface area contributed by atoms with E-state index in [1.165, 1.54) is 0 Å². The number of ether oxygens (including phenoxy) is 1. The maximum atomic E-state index is 12.3. The van der Waals surface area contributed by atoms with Crippen LogP contribution in [0.1, 0.15) is 12.5 Å². The maximum absolute atomic E-state index is 12.3. The lowest BCUT2D eigenvalue weighted by Crippen LogP contribution is -2.15. The Kier molecular flexibility index (Phi) is 5.65. The summed E-state index contributed by atoms with van der Waals surface area (Å²) >= 11 is 12.2. The highest BCUT2D eigenvalue weighted by molar-refractivity contribution is 6.36. The Morgan fingerprint density at radius 2 is 2.00 bits per heavy atom. The first-order valence-corrected chi connectivity index (χ1v) is 10.1. The van der Waals surface area contributed by atoms with Crippen LogP contribution in [-0.4, -0.2) is 25.4 Å². The molecule has 0 radical (unpaired) electrons. The monoisotopic (exact) mass is 443 g/mol. The molecular weight excluding hydrogens is 425 g/mol. The van der Waals surface area contributed by atoms with Crippen molar-refractivity contribution in [1.82, 2.24) is 19.3 Å². The van der Waals surface area contributed by atoms with Gasteiger partial charge in [-0.25, -0.2) is 9.78 Å². The summed E-state index contributed by atoms with van der Waals surface area (Å²) in [6, 6.07) is 12.7. The van der Waals surface area contributed by atoms with Gasteiger partial charge >= 0.3 is 6.09 Å². The summed E-state index contributed by atoms with van der Waals surface area (Å²) in [5.41, 5.74) is 4.12. The standard InChI is InChI=1S/C21H19Cl2N5O2/c1-3-28-12-24-18-8-13(4-7-19(18)28)11-30-21(29)25-20-10-17(26-27(20)2)15-6-5-14(22)9-16(15)23/h4-10,12H,3,11H2,1-2H3,(H,25,29). The summed E-state index contributed by atoms with van der Waals surface area (Å²) in [5, 5.41) is 8.12. The largest absolute Gasteiger partial charge is 0.444 e. The first-order chi connectivity index (χ1) is 14.4. The van der Waals surface area contributed by atoms with E-state index in [2.05, 4.69) is 26.9 Å². The number of aromatic nitrogens is 4. The van der Waals surface area contributed by atoms with Gasteiger partial charge < -0.3 is 9.30 Å². The molecule has 2 heterocycles. The number of nitrogens with one attached hydrogen (secondary N) is 1. The molecule has 2 aromatic heterocycles. The molecule has 7 nitrogen and oxygen atoms in total. The van der Waals surface area contributed by atoms with Gasteiger partial charge in [-0.3, -0.25) is 10.00 Å². The van der Waals surface area contributed by atoms with E-state index in [1.807, 2.05) is 18.2 Å². The SMILES string of the molecule is CCn1cnc2cc(COC(=O)Nc3cc(-c4ccc(Cl)cc4Cl)nn3C)ccc21. The second-order valence-electron chi connectivity index (χ2n) is 6.72. The van der Waals surface area contributed by atoms with E-state index < -0.39 is 6.09 Å². The Bertz CT molecular complexity index is 1230. The third-order valence-corrected chi connectivity index (χ3v) is 5.26. The summed E-state index contributed by atoms with van der Waals surface area (Å²) < 4.78 is 8.96. The molecule has 30 heavy (non-hydrogen) atoms. The number of fused-ring (bicyclic) bond motifs is 1. The van der Waals surface area contributed by atoms with Crippen molar-refractivity contribution in [3.8, 4) is 11.3 Å². The molecular formula is C21H19Cl2N5O2. The van der Waals surface area contributed by atoms with Crippen molar-refractivity contribution >= 4 is 46.1 Å². The predicted octanol–water partition coefficient (Wildman–Crippen LogP) is 5.51. The highest BCUT2D eigenvalue weighted by Crippen LogP contribution is 2.30. The van der Waals surface area contributed by atoms with Gasteiger partial charge in [-0.1, -0.05) is 29.3 Å². The van der Waals surface area contributed by atoms with E-state index in [-0.39, 0.29) is 6.61 Å². The Morgan fingerprint density at radius 1 is 1.17 bits per heavy atom. The van der Waals surface area contributed by atoms with Gasteiger partial charge in [-0.05, 0) is 42.8 Å². The Morgan fingerprint density at radius 3 is 2.77 bits per heavy atom. The summed E-state index contributed by atoms with van der Waals surface area (Å²) in [4.78, 5) is 16.6. The maximum Gasteiger partial charge on any atom is 0.413 e. The molecule has 154 valence electrons. The molecule has 0 aliphatic rings. The first kappa shape index (κ1) is 20.3. The van der Waals surface area contributed by atoms with E-state index in [9.17, 15) is 4.79 Å². The second-order valence-corrected chi connectivity index (χ2v) is 7.56. The molecule has 4 aromatic rings. The molecule has 0 aliphatic heterocycles. The Labute approximate surface area is 183 Å². The van der Waals surface area contributed by atoms with Gasteiger partial charge in [0.1, 0.15) is 12.4 Å². The van der Waals surface area contributed by atoms with Gasteiger partial charge in [-0.15, -0.1) is 0 Å². The zero-order valence-corrected chi connectivity index (χ0v) is 17.9. The first-order valence-electron chi connectivity index (χ1n) is 9.31. The van der Waals surface area contributed by atoms with Crippen molar-refractivity contribution in [2.75, 3.05) is 5.32 Å². The molecule has 1 amide bonds. The minimum absolute atomic E-state index is 0.133. The van der Waals surface area contributed by atoms with Crippen LogP contribution in [0, 0.1) is 0 Å². The number of amides is 1. The summed E-state index contributed by atoms with van der Waals surface area (Å²) in [5.74, 6) is 0.484. The summed E-state index contributed by atoms with van der Waals surface area (Å²) in [6.07, 6.45) is 1.22. The van der Waals surface area contributed by atoms with Crippen LogP contribution in [0.2, 0.25) is 10.0 Å². The highest BCUT2D eigenvalue weighted by atomic mass is 35.5. The average Bonchev–Trinajstić information content (AvgIpc) is 3.29. The van der Waals surface area contributed by atoms with Gasteiger partial charge in [0.25, 0.3) is 0 Å². The van der Waals surface area contributed by atoms with Crippen molar-refractivity contribution in [2.45, 2.75) is 20.1 Å². The van der Waals surface area contributed by atoms with Crippen LogP contribution in [0.15, 0.2) is 48.8 Å². The van der Waals surface area contributed by atoms with Crippen molar-refractivity contribution in [3.05, 3.63) is 64.4 Å². The lowest BCUT2D eigenvalue weighted by molar-refractivity contribution is 0.155. The predicted molar refractivity (Wildman–Crippen MR) is 118 cm³/mol. The minimum Gasteiger partial charge on any atom is -0.444 e. The van der Waals surface area contributed by atoms with E-state index >= 15 is 0 Å². The van der Waals surface area contributed by atoms with Crippen LogP contribution in [0.5, 0.6) is 0 Å². The molecule has 0 atom stereocenters. The average molecular weight is 444 g/mol. The van der Waals surface area contributed by atoms with Crippen LogP contribution in [-0.2, 0) is 24.9 Å². The molecule has 0 unspecified atom stereocenters. The molecule has 0 fully saturated rings. The van der Waals surface area contributed by atoms with Crippen LogP contribution < -0.4 is 5.32 Å². The fourth-order valence-corrected chi connectivity index (χ4v) is 3.66. The van der Waals surface area contributed by atoms with E-state index in [1.54, 1.807) is 42.3 Å². The number of benzene rings is 2. The molecule has 0 aliphatic carbocycles. The molecule has 0 bridgehead atoms. The van der Waals surface area contributed by atoms with Crippen LogP contribution >= 0.6 is 23.2 Å². The zero-order valence-electron chi connectivity index (χ0n) is 16.4. The fourth-order valence-electron chi connectivity index (χ4n) is 3.15. The Hall–Kier alpha value is -3.03. The zero-order chi connectivity index (χ0) is 21.3. The van der Waals surface area contributed by atoms with Crippen molar-refractivity contribution in [2.24, 2.45) is 7.05 Å². The summed E-state index contributed by atoms with van der Waals surface area (Å²) in [6.45, 7) is 3.05. The number of imidazole rings is 1. The number of hydrogen-bond acceptors (Lipinski definition) is 4. The van der Waals surface area contributed by atoms with Crippen LogP contribution in [0.3, 0.4) is 0 Å². The lowest BCUT2D eigenvalue weighted by atomic mass is 10.1. The molecule has 1 N–H and O–H groups in total. The molecule has 0 saturated carbocycles. The number of rotatable bonds is 5. The second kappa shape index (κ2) is 8.38. The number of carbonyl (C=O) groups is 1. The molecule has 9 heteroatoms. The van der Waals surface area contributed by atoms with Gasteiger partial charge in [-0.2, -0.15) is 5.10 Å². The molecule has 0 spiro atoms. The number of carbonyl (C=O) groups excluding carboxylic acids is 1. The van der Waals surface area contributed by atoms with E-state index in [4.69, 9.17) is 27.9 Å². The fraction of sp³-hybridized carbons (Fsp3) is 0.190. The topological polar surface area (TPSA) is 74.0 Å². The van der Waals surface area contributed by atoms with E-state index in [0.29, 0.717) is 21.6 Å². The number of nitrogens with zero attached hydrogens (tertiary/aromatic N) is 4. The number of halogens is 2.